The number of rotatable bonds is 6. The molecular formula is C19H32N2O. The molecule has 0 spiro atoms. The maximum Gasteiger partial charge on any atom is 0.146 e. The van der Waals surface area contributed by atoms with Crippen molar-refractivity contribution in [2.75, 3.05) is 19.6 Å². The Labute approximate surface area is 135 Å². The average Bonchev–Trinajstić information content (AvgIpc) is 2.47. The molecule has 124 valence electrons. The third-order valence-corrected chi connectivity index (χ3v) is 6.42. The van der Waals surface area contributed by atoms with Crippen molar-refractivity contribution in [1.82, 2.24) is 4.90 Å². The second kappa shape index (κ2) is 6.33. The highest BCUT2D eigenvalue weighted by Crippen LogP contribution is 2.60. The van der Waals surface area contributed by atoms with E-state index in [1.165, 1.54) is 38.5 Å². The summed E-state index contributed by atoms with van der Waals surface area (Å²) in [4.78, 5) is 20.1. The Morgan fingerprint density at radius 3 is 1.91 bits per heavy atom. The number of ketones is 1. The minimum Gasteiger partial charge on any atom is -0.361 e. The monoisotopic (exact) mass is 304 g/mol. The molecule has 0 radical (unpaired) electrons. The molecule has 0 aromatic carbocycles. The van der Waals surface area contributed by atoms with Crippen LogP contribution in [0.1, 0.15) is 65.7 Å². The van der Waals surface area contributed by atoms with Crippen LogP contribution >= 0.6 is 0 Å². The SMILES string of the molecule is CCN=C(CC(=O)C12CC3CC(CC(C3)C1)C2)N(CC)CC. The van der Waals surface area contributed by atoms with Crippen LogP contribution in [0.25, 0.3) is 0 Å². The minimum absolute atomic E-state index is 0.0242. The molecule has 4 rings (SSSR count). The smallest absolute Gasteiger partial charge is 0.146 e. The van der Waals surface area contributed by atoms with Crippen molar-refractivity contribution in [3.8, 4) is 0 Å². The normalized spacial score (nSPS) is 36.7. The van der Waals surface area contributed by atoms with E-state index in [0.717, 1.165) is 43.2 Å². The molecule has 0 saturated heterocycles. The van der Waals surface area contributed by atoms with Gasteiger partial charge in [-0.2, -0.15) is 0 Å². The van der Waals surface area contributed by atoms with Crippen LogP contribution in [0.3, 0.4) is 0 Å². The highest BCUT2D eigenvalue weighted by molar-refractivity contribution is 6.03. The first-order valence-electron chi connectivity index (χ1n) is 9.41. The lowest BCUT2D eigenvalue weighted by molar-refractivity contribution is -0.142. The summed E-state index contributed by atoms with van der Waals surface area (Å²) in [6.45, 7) is 9.05. The summed E-state index contributed by atoms with van der Waals surface area (Å²) in [7, 11) is 0. The fraction of sp³-hybridized carbons (Fsp3) is 0.895. The zero-order valence-electron chi connectivity index (χ0n) is 14.6. The van der Waals surface area contributed by atoms with Crippen molar-refractivity contribution < 1.29 is 4.79 Å². The Hall–Kier alpha value is -0.860. The van der Waals surface area contributed by atoms with Crippen LogP contribution in [-0.4, -0.2) is 36.2 Å². The van der Waals surface area contributed by atoms with E-state index >= 15 is 0 Å². The number of aliphatic imine (C=N–C) groups is 1. The standard InChI is InChI=1S/C19H32N2O/c1-4-20-18(21(5-2)6-3)10-17(22)19-11-14-7-15(12-19)9-16(8-14)13-19/h14-16H,4-13H2,1-3H3. The summed E-state index contributed by atoms with van der Waals surface area (Å²) >= 11 is 0. The summed E-state index contributed by atoms with van der Waals surface area (Å²) in [5, 5.41) is 0. The molecule has 0 aromatic rings. The van der Waals surface area contributed by atoms with E-state index < -0.39 is 0 Å². The van der Waals surface area contributed by atoms with Crippen molar-refractivity contribution in [2.24, 2.45) is 28.2 Å². The lowest BCUT2D eigenvalue weighted by atomic mass is 9.48. The Balaban J connectivity index is 1.74. The summed E-state index contributed by atoms with van der Waals surface area (Å²) in [5.74, 6) is 4.07. The molecule has 0 aliphatic heterocycles. The summed E-state index contributed by atoms with van der Waals surface area (Å²) in [5.41, 5.74) is 0.0242. The Bertz CT molecular complexity index is 415. The van der Waals surface area contributed by atoms with Crippen molar-refractivity contribution in [3.63, 3.8) is 0 Å². The van der Waals surface area contributed by atoms with Gasteiger partial charge in [0, 0.05) is 25.0 Å². The molecule has 4 aliphatic carbocycles. The van der Waals surface area contributed by atoms with Crippen molar-refractivity contribution in [3.05, 3.63) is 0 Å². The van der Waals surface area contributed by atoms with Crippen LogP contribution in [0.15, 0.2) is 4.99 Å². The van der Waals surface area contributed by atoms with E-state index in [4.69, 9.17) is 0 Å². The maximum absolute atomic E-state index is 13.2. The second-order valence-corrected chi connectivity index (χ2v) is 7.86. The third kappa shape index (κ3) is 2.83. The first-order chi connectivity index (χ1) is 10.6. The van der Waals surface area contributed by atoms with E-state index in [1.807, 2.05) is 0 Å². The van der Waals surface area contributed by atoms with Gasteiger partial charge in [0.1, 0.15) is 11.6 Å². The highest BCUT2D eigenvalue weighted by atomic mass is 16.1. The molecule has 4 saturated carbocycles. The van der Waals surface area contributed by atoms with E-state index in [0.29, 0.717) is 12.2 Å². The molecule has 3 heteroatoms. The van der Waals surface area contributed by atoms with Crippen LogP contribution in [0.4, 0.5) is 0 Å². The van der Waals surface area contributed by atoms with Gasteiger partial charge in [-0.15, -0.1) is 0 Å². The summed E-state index contributed by atoms with van der Waals surface area (Å²) in [6, 6.07) is 0. The third-order valence-electron chi connectivity index (χ3n) is 6.42. The quantitative estimate of drug-likeness (QED) is 0.550. The van der Waals surface area contributed by atoms with Gasteiger partial charge < -0.3 is 4.90 Å². The van der Waals surface area contributed by atoms with Gasteiger partial charge in [-0.05, 0) is 77.0 Å². The number of amidine groups is 1. The van der Waals surface area contributed by atoms with Crippen LogP contribution < -0.4 is 0 Å². The number of hydrogen-bond donors (Lipinski definition) is 0. The molecule has 4 aliphatic rings. The van der Waals surface area contributed by atoms with E-state index in [1.54, 1.807) is 0 Å². The van der Waals surface area contributed by atoms with Gasteiger partial charge in [0.25, 0.3) is 0 Å². The molecule has 4 bridgehead atoms. The highest BCUT2D eigenvalue weighted by Gasteiger charge is 2.54. The second-order valence-electron chi connectivity index (χ2n) is 7.86. The predicted molar refractivity (Wildman–Crippen MR) is 91.1 cm³/mol. The summed E-state index contributed by atoms with van der Waals surface area (Å²) in [6.07, 6.45) is 8.30. The maximum atomic E-state index is 13.2. The van der Waals surface area contributed by atoms with Gasteiger partial charge in [0.2, 0.25) is 0 Å². The van der Waals surface area contributed by atoms with Crippen LogP contribution in [0.2, 0.25) is 0 Å². The van der Waals surface area contributed by atoms with Crippen LogP contribution in [-0.2, 0) is 4.79 Å². The zero-order valence-corrected chi connectivity index (χ0v) is 14.6. The Kier molecular flexibility index (Phi) is 4.61. The lowest BCUT2D eigenvalue weighted by Crippen LogP contribution is -2.51. The number of carbonyl (C=O) groups is 1. The predicted octanol–water partition coefficient (Wildman–Crippen LogP) is 3.92. The van der Waals surface area contributed by atoms with Gasteiger partial charge in [-0.1, -0.05) is 0 Å². The molecule has 4 fully saturated rings. The molecule has 0 aromatic heterocycles. The van der Waals surface area contributed by atoms with Gasteiger partial charge in [-0.3, -0.25) is 9.79 Å². The molecular weight excluding hydrogens is 272 g/mol. The van der Waals surface area contributed by atoms with Gasteiger partial charge in [0.05, 0.1) is 6.42 Å². The topological polar surface area (TPSA) is 32.7 Å². The van der Waals surface area contributed by atoms with Crippen molar-refractivity contribution in [2.45, 2.75) is 65.7 Å². The van der Waals surface area contributed by atoms with E-state index in [-0.39, 0.29) is 5.41 Å². The number of nitrogens with zero attached hydrogens (tertiary/aromatic N) is 2. The van der Waals surface area contributed by atoms with Crippen LogP contribution in [0, 0.1) is 23.2 Å². The molecule has 0 unspecified atom stereocenters. The van der Waals surface area contributed by atoms with Crippen LogP contribution in [0.5, 0.6) is 0 Å². The van der Waals surface area contributed by atoms with Gasteiger partial charge in [-0.25, -0.2) is 0 Å². The molecule has 0 atom stereocenters. The summed E-state index contributed by atoms with van der Waals surface area (Å²) < 4.78 is 0. The van der Waals surface area contributed by atoms with E-state index in [9.17, 15) is 4.79 Å². The van der Waals surface area contributed by atoms with Crippen molar-refractivity contribution >= 4 is 11.6 Å². The number of hydrogen-bond acceptors (Lipinski definition) is 2. The number of Topliss-reactive ketones (excluding diaryl/α,β-unsaturated/α-hetero) is 1. The molecule has 0 amide bonds. The van der Waals surface area contributed by atoms with Gasteiger partial charge >= 0.3 is 0 Å². The minimum atomic E-state index is 0.0242. The van der Waals surface area contributed by atoms with E-state index in [2.05, 4.69) is 30.7 Å². The lowest BCUT2D eigenvalue weighted by Gasteiger charge is -2.56. The molecule has 3 nitrogen and oxygen atoms in total. The fourth-order valence-electron chi connectivity index (χ4n) is 5.82. The Morgan fingerprint density at radius 1 is 1.00 bits per heavy atom. The zero-order chi connectivity index (χ0) is 15.7. The molecule has 0 N–H and O–H groups in total. The van der Waals surface area contributed by atoms with Crippen molar-refractivity contribution in [1.29, 1.82) is 0 Å². The number of carbonyl (C=O) groups excluding carboxylic acids is 1. The van der Waals surface area contributed by atoms with Gasteiger partial charge in [0.15, 0.2) is 0 Å². The first-order valence-corrected chi connectivity index (χ1v) is 9.41. The molecule has 22 heavy (non-hydrogen) atoms. The first kappa shape index (κ1) is 16.0. The molecule has 0 heterocycles. The largest absolute Gasteiger partial charge is 0.361 e. The Morgan fingerprint density at radius 2 is 1.50 bits per heavy atom. The average molecular weight is 304 g/mol. The fourth-order valence-corrected chi connectivity index (χ4v) is 5.82.